The molecule has 1 unspecified atom stereocenters. The summed E-state index contributed by atoms with van der Waals surface area (Å²) in [6.07, 6.45) is 3.94. The molecule has 2 heterocycles. The maximum absolute atomic E-state index is 12.7. The number of carbonyl (C=O) groups is 2. The number of nitrogens with zero attached hydrogens (tertiary/aromatic N) is 1. The van der Waals surface area contributed by atoms with Gasteiger partial charge < -0.3 is 19.7 Å². The summed E-state index contributed by atoms with van der Waals surface area (Å²) in [5, 5.41) is 3.03. The lowest BCUT2D eigenvalue weighted by atomic mass is 9.90. The topological polar surface area (TPSA) is 67.9 Å². The molecule has 0 bridgehead atoms. The van der Waals surface area contributed by atoms with Crippen LogP contribution in [0.2, 0.25) is 0 Å². The molecule has 3 aliphatic rings. The number of fused-ring (bicyclic) bond motifs is 1. The number of aryl methyl sites for hydroxylation is 1. The molecule has 2 aromatic rings. The van der Waals surface area contributed by atoms with Crippen molar-refractivity contribution >= 4 is 17.5 Å². The van der Waals surface area contributed by atoms with Crippen LogP contribution in [0.5, 0.6) is 11.5 Å². The molecular formula is C24H26N2O4. The molecule has 6 nitrogen and oxygen atoms in total. The van der Waals surface area contributed by atoms with E-state index in [1.54, 1.807) is 0 Å². The first-order valence-corrected chi connectivity index (χ1v) is 10.7. The number of benzene rings is 2. The predicted octanol–water partition coefficient (Wildman–Crippen LogP) is 3.62. The molecule has 1 N–H and O–H groups in total. The number of hydrogen-bond donors (Lipinski definition) is 1. The van der Waals surface area contributed by atoms with Gasteiger partial charge in [-0.25, -0.2) is 0 Å². The van der Waals surface area contributed by atoms with Crippen molar-refractivity contribution in [2.75, 3.05) is 25.2 Å². The van der Waals surface area contributed by atoms with Crippen molar-refractivity contribution in [2.24, 2.45) is 11.3 Å². The summed E-state index contributed by atoms with van der Waals surface area (Å²) in [6, 6.07) is 15.5. The number of carbonyl (C=O) groups excluding carboxylic acids is 2. The zero-order valence-corrected chi connectivity index (χ0v) is 16.9. The summed E-state index contributed by atoms with van der Waals surface area (Å²) in [7, 11) is 0. The van der Waals surface area contributed by atoms with Gasteiger partial charge in [0.1, 0.15) is 0 Å². The molecule has 0 radical (unpaired) electrons. The Bertz CT molecular complexity index is 951. The first-order chi connectivity index (χ1) is 14.6. The molecular weight excluding hydrogens is 380 g/mol. The molecule has 2 amide bonds. The van der Waals surface area contributed by atoms with Crippen molar-refractivity contribution in [1.29, 1.82) is 0 Å². The van der Waals surface area contributed by atoms with Crippen molar-refractivity contribution in [1.82, 2.24) is 4.90 Å². The van der Waals surface area contributed by atoms with E-state index < -0.39 is 0 Å². The standard InChI is InChI=1S/C24H26N2O4/c27-22(9-7-17-6-8-20-21(14-17)30-16-29-20)26-12-10-24(11-13-26)15-19(24)23(28)25-18-4-2-1-3-5-18/h1-6,8,14,19H,7,9-13,15-16H2,(H,25,28). The average Bonchev–Trinajstić information content (AvgIpc) is 3.26. The van der Waals surface area contributed by atoms with Crippen LogP contribution in [0.3, 0.4) is 0 Å². The Balaban J connectivity index is 1.09. The first-order valence-electron chi connectivity index (χ1n) is 10.7. The summed E-state index contributed by atoms with van der Waals surface area (Å²) in [5.41, 5.74) is 2.02. The fourth-order valence-electron chi connectivity index (χ4n) is 4.73. The second-order valence-corrected chi connectivity index (χ2v) is 8.54. The van der Waals surface area contributed by atoms with E-state index in [-0.39, 0.29) is 29.9 Å². The number of para-hydroxylation sites is 1. The highest BCUT2D eigenvalue weighted by Gasteiger charge is 2.58. The minimum atomic E-state index is 0.0728. The minimum absolute atomic E-state index is 0.0728. The molecule has 1 spiro atoms. The molecule has 5 rings (SSSR count). The zero-order chi connectivity index (χ0) is 20.6. The molecule has 2 aliphatic heterocycles. The Morgan fingerprint density at radius 2 is 1.80 bits per heavy atom. The Hall–Kier alpha value is -3.02. The molecule has 2 aromatic carbocycles. The molecule has 30 heavy (non-hydrogen) atoms. The van der Waals surface area contributed by atoms with Gasteiger partial charge in [-0.05, 0) is 60.9 Å². The van der Waals surface area contributed by atoms with Crippen LogP contribution in [0.15, 0.2) is 48.5 Å². The number of nitrogens with one attached hydrogen (secondary N) is 1. The van der Waals surface area contributed by atoms with Gasteiger partial charge in [-0.3, -0.25) is 9.59 Å². The third-order valence-electron chi connectivity index (χ3n) is 6.72. The van der Waals surface area contributed by atoms with Crippen LogP contribution in [0, 0.1) is 11.3 Å². The van der Waals surface area contributed by atoms with Gasteiger partial charge in [-0.1, -0.05) is 24.3 Å². The third kappa shape index (κ3) is 3.74. The number of hydrogen-bond acceptors (Lipinski definition) is 4. The Labute approximate surface area is 176 Å². The van der Waals surface area contributed by atoms with E-state index in [0.29, 0.717) is 12.8 Å². The van der Waals surface area contributed by atoms with E-state index >= 15 is 0 Å². The van der Waals surface area contributed by atoms with Gasteiger partial charge in [-0.15, -0.1) is 0 Å². The molecule has 1 saturated carbocycles. The molecule has 1 aliphatic carbocycles. The van der Waals surface area contributed by atoms with Crippen molar-refractivity contribution in [3.63, 3.8) is 0 Å². The highest BCUT2D eigenvalue weighted by Crippen LogP contribution is 2.59. The largest absolute Gasteiger partial charge is 0.454 e. The number of likely N-dealkylation sites (tertiary alicyclic amines) is 1. The normalized spacial score (nSPS) is 20.8. The Kier molecular flexibility index (Phi) is 4.85. The van der Waals surface area contributed by atoms with Crippen molar-refractivity contribution in [3.05, 3.63) is 54.1 Å². The van der Waals surface area contributed by atoms with Crippen LogP contribution in [-0.4, -0.2) is 36.6 Å². The van der Waals surface area contributed by atoms with Crippen molar-refractivity contribution in [2.45, 2.75) is 32.1 Å². The van der Waals surface area contributed by atoms with Gasteiger partial charge in [0.25, 0.3) is 0 Å². The van der Waals surface area contributed by atoms with Crippen molar-refractivity contribution in [3.8, 4) is 11.5 Å². The van der Waals surface area contributed by atoms with Gasteiger partial charge >= 0.3 is 0 Å². The second kappa shape index (κ2) is 7.67. The monoisotopic (exact) mass is 406 g/mol. The quantitative estimate of drug-likeness (QED) is 0.824. The van der Waals surface area contributed by atoms with E-state index in [0.717, 1.165) is 55.1 Å². The molecule has 6 heteroatoms. The highest BCUT2D eigenvalue weighted by atomic mass is 16.7. The number of piperidine rings is 1. The lowest BCUT2D eigenvalue weighted by Crippen LogP contribution is -2.40. The Morgan fingerprint density at radius 3 is 2.60 bits per heavy atom. The number of ether oxygens (including phenoxy) is 2. The summed E-state index contributed by atoms with van der Waals surface area (Å²) in [6.45, 7) is 1.75. The summed E-state index contributed by atoms with van der Waals surface area (Å²) < 4.78 is 10.7. The fourth-order valence-corrected chi connectivity index (χ4v) is 4.73. The highest BCUT2D eigenvalue weighted by molar-refractivity contribution is 5.95. The summed E-state index contributed by atoms with van der Waals surface area (Å²) in [5.74, 6) is 1.90. The SMILES string of the molecule is O=C(Nc1ccccc1)C1CC12CCN(C(=O)CCc1ccc3c(c1)OCO3)CC2. The van der Waals surface area contributed by atoms with Crippen LogP contribution < -0.4 is 14.8 Å². The van der Waals surface area contributed by atoms with Crippen LogP contribution in [-0.2, 0) is 16.0 Å². The number of amides is 2. The maximum Gasteiger partial charge on any atom is 0.231 e. The number of rotatable bonds is 5. The summed E-state index contributed by atoms with van der Waals surface area (Å²) >= 11 is 0. The van der Waals surface area contributed by atoms with E-state index in [1.165, 1.54) is 0 Å². The average molecular weight is 406 g/mol. The molecule has 1 atom stereocenters. The van der Waals surface area contributed by atoms with Crippen LogP contribution >= 0.6 is 0 Å². The van der Waals surface area contributed by atoms with Gasteiger partial charge in [-0.2, -0.15) is 0 Å². The van der Waals surface area contributed by atoms with Crippen LogP contribution in [0.4, 0.5) is 5.69 Å². The van der Waals surface area contributed by atoms with Gasteiger partial charge in [0, 0.05) is 31.1 Å². The van der Waals surface area contributed by atoms with Gasteiger partial charge in [0.2, 0.25) is 18.6 Å². The lowest BCUT2D eigenvalue weighted by Gasteiger charge is -2.33. The lowest BCUT2D eigenvalue weighted by molar-refractivity contribution is -0.132. The zero-order valence-electron chi connectivity index (χ0n) is 16.9. The van der Waals surface area contributed by atoms with Crippen LogP contribution in [0.1, 0.15) is 31.2 Å². The minimum Gasteiger partial charge on any atom is -0.454 e. The van der Waals surface area contributed by atoms with Crippen LogP contribution in [0.25, 0.3) is 0 Å². The third-order valence-corrected chi connectivity index (χ3v) is 6.72. The van der Waals surface area contributed by atoms with E-state index in [9.17, 15) is 9.59 Å². The fraction of sp³-hybridized carbons (Fsp3) is 0.417. The van der Waals surface area contributed by atoms with Crippen molar-refractivity contribution < 1.29 is 19.1 Å². The smallest absolute Gasteiger partial charge is 0.231 e. The second-order valence-electron chi connectivity index (χ2n) is 8.54. The van der Waals surface area contributed by atoms with E-state index in [1.807, 2.05) is 53.4 Å². The van der Waals surface area contributed by atoms with Gasteiger partial charge in [0.05, 0.1) is 0 Å². The predicted molar refractivity (Wildman–Crippen MR) is 112 cm³/mol. The van der Waals surface area contributed by atoms with E-state index in [4.69, 9.17) is 9.47 Å². The number of anilines is 1. The molecule has 2 fully saturated rings. The molecule has 156 valence electrons. The Morgan fingerprint density at radius 1 is 1.03 bits per heavy atom. The molecule has 1 saturated heterocycles. The first kappa shape index (κ1) is 19.0. The van der Waals surface area contributed by atoms with Gasteiger partial charge in [0.15, 0.2) is 11.5 Å². The summed E-state index contributed by atoms with van der Waals surface area (Å²) in [4.78, 5) is 27.2. The molecule has 0 aromatic heterocycles. The van der Waals surface area contributed by atoms with E-state index in [2.05, 4.69) is 5.32 Å². The maximum atomic E-state index is 12.7.